The third kappa shape index (κ3) is 4.11. The lowest BCUT2D eigenvalue weighted by Gasteiger charge is -2.12. The van der Waals surface area contributed by atoms with Crippen molar-refractivity contribution in [3.63, 3.8) is 0 Å². The number of nitrogens with one attached hydrogen (secondary N) is 2. The Morgan fingerprint density at radius 2 is 1.73 bits per heavy atom. The summed E-state index contributed by atoms with van der Waals surface area (Å²) >= 11 is 6.25. The molecule has 0 amide bonds. The molecule has 0 saturated heterocycles. The van der Waals surface area contributed by atoms with Crippen LogP contribution < -0.4 is 21.0 Å². The summed E-state index contributed by atoms with van der Waals surface area (Å²) < 4.78 is 8.15. The van der Waals surface area contributed by atoms with Gasteiger partial charge in [-0.2, -0.15) is 15.6 Å². The van der Waals surface area contributed by atoms with Gasteiger partial charge in [-0.25, -0.2) is 9.36 Å². The first-order valence-corrected chi connectivity index (χ1v) is 12.6. The van der Waals surface area contributed by atoms with Crippen molar-refractivity contribution in [3.05, 3.63) is 117 Å². The van der Waals surface area contributed by atoms with Crippen molar-refractivity contribution in [2.24, 2.45) is 0 Å². The second-order valence-electron chi connectivity index (χ2n) is 9.00. The van der Waals surface area contributed by atoms with Gasteiger partial charge in [0.1, 0.15) is 46.7 Å². The molecule has 194 valence electrons. The van der Waals surface area contributed by atoms with E-state index in [9.17, 15) is 15.3 Å². The number of anilines is 1. The van der Waals surface area contributed by atoms with Gasteiger partial charge in [0.2, 0.25) is 0 Å². The van der Waals surface area contributed by atoms with Crippen LogP contribution in [0.4, 0.5) is 5.82 Å². The zero-order chi connectivity index (χ0) is 27.8. The van der Waals surface area contributed by atoms with E-state index in [-0.39, 0.29) is 22.5 Å². The molecule has 3 aromatic carbocycles. The van der Waals surface area contributed by atoms with Gasteiger partial charge in [0.05, 0.1) is 12.8 Å². The summed E-state index contributed by atoms with van der Waals surface area (Å²) in [6.45, 7) is 0. The fraction of sp³-hybridized carbons (Fsp3) is 0.0667. The molecule has 0 saturated carbocycles. The third-order valence-corrected chi connectivity index (χ3v) is 6.93. The number of hydrogen-bond donors (Lipinski definition) is 2. The fourth-order valence-corrected chi connectivity index (χ4v) is 4.97. The van der Waals surface area contributed by atoms with Crippen molar-refractivity contribution in [3.8, 4) is 46.0 Å². The van der Waals surface area contributed by atoms with Gasteiger partial charge < -0.3 is 10.1 Å². The molecule has 0 bridgehead atoms. The number of methoxy groups -OCH3 is 1. The molecule has 2 N–H and O–H groups in total. The Labute approximate surface area is 234 Å². The summed E-state index contributed by atoms with van der Waals surface area (Å²) in [5, 5.41) is 29.2. The van der Waals surface area contributed by atoms with Crippen molar-refractivity contribution in [2.45, 2.75) is 6.17 Å². The Bertz CT molecular complexity index is 1900. The zero-order valence-corrected chi connectivity index (χ0v) is 21.8. The SMILES string of the molecule is COc1ccc(-c2nn(-c3cccc(Cl)c3)cc2-c2c(C#N)c3n(c(=O)c2C#N)NC(c2ccccc2)N3)cc1. The van der Waals surface area contributed by atoms with Crippen LogP contribution in [-0.2, 0) is 0 Å². The average Bonchev–Trinajstić information content (AvgIpc) is 3.64. The second kappa shape index (κ2) is 9.99. The highest BCUT2D eigenvalue weighted by Crippen LogP contribution is 2.39. The number of hydrogen-bond acceptors (Lipinski definition) is 7. The molecular formula is C30H20ClN7O2. The van der Waals surface area contributed by atoms with Gasteiger partial charge >= 0.3 is 0 Å². The van der Waals surface area contributed by atoms with Crippen LogP contribution in [-0.4, -0.2) is 21.6 Å². The molecular weight excluding hydrogens is 526 g/mol. The highest BCUT2D eigenvalue weighted by molar-refractivity contribution is 6.30. The van der Waals surface area contributed by atoms with Crippen molar-refractivity contribution in [2.75, 3.05) is 17.9 Å². The standard InChI is InChI=1S/C30H20ClN7O2/c1-40-22-12-10-18(11-13-22)27-25(17-37(35-27)21-9-5-8-20(31)14-21)26-23(15-32)29-34-28(19-6-3-2-4-7-19)36-38(29)30(39)24(26)16-33/h2-14,17,28,34,36H,1H3. The van der Waals surface area contributed by atoms with E-state index in [0.717, 1.165) is 5.56 Å². The minimum absolute atomic E-state index is 0.141. The summed E-state index contributed by atoms with van der Waals surface area (Å²) in [6, 6.07) is 28.1. The van der Waals surface area contributed by atoms with Crippen LogP contribution in [0.2, 0.25) is 5.02 Å². The number of benzene rings is 3. The first-order chi connectivity index (χ1) is 19.5. The minimum atomic E-state index is -0.575. The van der Waals surface area contributed by atoms with Crippen LogP contribution in [0.3, 0.4) is 0 Å². The number of rotatable bonds is 5. The first kappa shape index (κ1) is 24.8. The lowest BCUT2D eigenvalue weighted by molar-refractivity contribution is 0.415. The number of halogens is 1. The van der Waals surface area contributed by atoms with Crippen molar-refractivity contribution in [1.82, 2.24) is 14.5 Å². The number of aromatic nitrogens is 3. The van der Waals surface area contributed by atoms with E-state index in [1.807, 2.05) is 54.6 Å². The summed E-state index contributed by atoms with van der Waals surface area (Å²) in [5.41, 5.74) is 5.84. The van der Waals surface area contributed by atoms with Crippen LogP contribution in [0.5, 0.6) is 5.75 Å². The van der Waals surface area contributed by atoms with E-state index < -0.39 is 11.7 Å². The lowest BCUT2D eigenvalue weighted by atomic mass is 9.94. The predicted octanol–water partition coefficient (Wildman–Crippen LogP) is 5.44. The minimum Gasteiger partial charge on any atom is -0.497 e. The largest absolute Gasteiger partial charge is 0.497 e. The van der Waals surface area contributed by atoms with Gasteiger partial charge in [-0.15, -0.1) is 0 Å². The zero-order valence-electron chi connectivity index (χ0n) is 21.1. The van der Waals surface area contributed by atoms with Gasteiger partial charge in [-0.05, 0) is 48.0 Å². The predicted molar refractivity (Wildman–Crippen MR) is 152 cm³/mol. The molecule has 1 unspecified atom stereocenters. The highest BCUT2D eigenvalue weighted by atomic mass is 35.5. The first-order valence-electron chi connectivity index (χ1n) is 12.2. The maximum absolute atomic E-state index is 13.7. The average molecular weight is 546 g/mol. The van der Waals surface area contributed by atoms with Gasteiger partial charge in [-0.3, -0.25) is 10.2 Å². The van der Waals surface area contributed by atoms with Crippen LogP contribution in [0, 0.1) is 22.7 Å². The van der Waals surface area contributed by atoms with Gasteiger partial charge in [0, 0.05) is 27.9 Å². The maximum Gasteiger partial charge on any atom is 0.289 e. The molecule has 10 heteroatoms. The molecule has 0 radical (unpaired) electrons. The monoisotopic (exact) mass is 545 g/mol. The molecule has 6 rings (SSSR count). The van der Waals surface area contributed by atoms with E-state index in [1.165, 1.54) is 4.68 Å². The molecule has 3 heterocycles. The van der Waals surface area contributed by atoms with Gasteiger partial charge in [0.15, 0.2) is 0 Å². The maximum atomic E-state index is 13.7. The molecule has 40 heavy (non-hydrogen) atoms. The molecule has 0 fully saturated rings. The van der Waals surface area contributed by atoms with Gasteiger partial charge in [0.25, 0.3) is 5.56 Å². The number of nitriles is 2. The van der Waals surface area contributed by atoms with Crippen LogP contribution in [0.1, 0.15) is 22.9 Å². The Morgan fingerprint density at radius 3 is 2.40 bits per heavy atom. The summed E-state index contributed by atoms with van der Waals surface area (Å²) in [4.78, 5) is 13.7. The van der Waals surface area contributed by atoms with E-state index in [2.05, 4.69) is 16.8 Å². The Hall–Kier alpha value is -5.51. The van der Waals surface area contributed by atoms with Gasteiger partial charge in [-0.1, -0.05) is 48.0 Å². The molecule has 1 aliphatic heterocycles. The molecule has 1 atom stereocenters. The second-order valence-corrected chi connectivity index (χ2v) is 9.44. The lowest BCUT2D eigenvalue weighted by Crippen LogP contribution is -2.29. The highest BCUT2D eigenvalue weighted by Gasteiger charge is 2.32. The van der Waals surface area contributed by atoms with E-state index in [4.69, 9.17) is 21.4 Å². The molecule has 1 aliphatic rings. The molecule has 0 spiro atoms. The van der Waals surface area contributed by atoms with E-state index >= 15 is 0 Å². The molecule has 0 aliphatic carbocycles. The van der Waals surface area contributed by atoms with E-state index in [0.29, 0.717) is 33.3 Å². The number of ether oxygens (including phenoxy) is 1. The summed E-state index contributed by atoms with van der Waals surface area (Å²) in [6.07, 6.45) is 1.23. The Morgan fingerprint density at radius 1 is 0.975 bits per heavy atom. The summed E-state index contributed by atoms with van der Waals surface area (Å²) in [5.74, 6) is 0.930. The normalized spacial score (nSPS) is 13.4. The summed E-state index contributed by atoms with van der Waals surface area (Å²) in [7, 11) is 1.58. The van der Waals surface area contributed by atoms with Crippen molar-refractivity contribution >= 4 is 17.4 Å². The smallest absolute Gasteiger partial charge is 0.289 e. The Kier molecular flexibility index (Phi) is 6.19. The Balaban J connectivity index is 1.60. The van der Waals surface area contributed by atoms with Crippen LogP contribution in [0.15, 0.2) is 89.9 Å². The van der Waals surface area contributed by atoms with Crippen molar-refractivity contribution < 1.29 is 4.74 Å². The molecule has 5 aromatic rings. The molecule has 2 aromatic heterocycles. The van der Waals surface area contributed by atoms with E-state index in [1.54, 1.807) is 48.3 Å². The van der Waals surface area contributed by atoms with Crippen LogP contribution >= 0.6 is 11.6 Å². The third-order valence-electron chi connectivity index (χ3n) is 6.69. The van der Waals surface area contributed by atoms with Crippen molar-refractivity contribution in [1.29, 1.82) is 10.5 Å². The number of fused-ring (bicyclic) bond motifs is 1. The molecule has 9 nitrogen and oxygen atoms in total. The topological polar surface area (TPSA) is 121 Å². The number of pyridine rings is 1. The van der Waals surface area contributed by atoms with Crippen LogP contribution in [0.25, 0.3) is 28.1 Å². The fourth-order valence-electron chi connectivity index (χ4n) is 4.79. The quantitative estimate of drug-likeness (QED) is 0.301. The number of nitrogens with zero attached hydrogens (tertiary/aromatic N) is 5.